The molecule has 1 fully saturated rings. The lowest BCUT2D eigenvalue weighted by molar-refractivity contribution is -0.137. The number of rotatable bonds is 3. The highest BCUT2D eigenvalue weighted by Gasteiger charge is 2.35. The van der Waals surface area contributed by atoms with Crippen molar-refractivity contribution in [2.45, 2.75) is 12.6 Å². The fraction of sp³-hybridized carbons (Fsp3) is 0.455. The molecule has 1 aliphatic rings. The number of pyridine rings is 1. The van der Waals surface area contributed by atoms with Gasteiger partial charge >= 0.3 is 6.18 Å². The fourth-order valence-corrected chi connectivity index (χ4v) is 3.04. The van der Waals surface area contributed by atoms with E-state index in [0.717, 1.165) is 17.0 Å². The smallest absolute Gasteiger partial charge is 0.296 e. The Bertz CT molecular complexity index is 643. The van der Waals surface area contributed by atoms with Gasteiger partial charge in [-0.3, -0.25) is 9.69 Å². The lowest BCUT2D eigenvalue weighted by Crippen LogP contribution is -2.28. The Morgan fingerprint density at radius 2 is 2.05 bits per heavy atom. The molecule has 0 aliphatic carbocycles. The number of halogens is 3. The summed E-state index contributed by atoms with van der Waals surface area (Å²) >= 11 is 0. The van der Waals surface area contributed by atoms with Crippen LogP contribution in [0.5, 0.6) is 0 Å². The number of carbonyl (C=O) groups is 1. The van der Waals surface area contributed by atoms with Crippen molar-refractivity contribution < 1.29 is 26.4 Å². The first-order valence-electron chi connectivity index (χ1n) is 5.90. The summed E-state index contributed by atoms with van der Waals surface area (Å²) in [5.41, 5.74) is -0.918. The highest BCUT2D eigenvalue weighted by molar-refractivity contribution is 7.89. The van der Waals surface area contributed by atoms with Gasteiger partial charge in [0, 0.05) is 25.1 Å². The molecule has 0 saturated carbocycles. The number of amides is 1. The van der Waals surface area contributed by atoms with Gasteiger partial charge < -0.3 is 0 Å². The van der Waals surface area contributed by atoms with E-state index in [-0.39, 0.29) is 24.5 Å². The van der Waals surface area contributed by atoms with Gasteiger partial charge in [-0.1, -0.05) is 0 Å². The van der Waals surface area contributed by atoms with Crippen molar-refractivity contribution in [3.8, 4) is 0 Å². The quantitative estimate of drug-likeness (QED) is 0.888. The average Bonchev–Trinajstić information content (AvgIpc) is 2.66. The van der Waals surface area contributed by atoms with Crippen LogP contribution in [-0.2, 0) is 21.0 Å². The normalized spacial score (nSPS) is 20.1. The molecule has 1 saturated heterocycles. The summed E-state index contributed by atoms with van der Waals surface area (Å²) < 4.78 is 59.3. The maximum Gasteiger partial charge on any atom is 0.417 e. The topological polar surface area (TPSA) is 93.4 Å². The van der Waals surface area contributed by atoms with E-state index in [0.29, 0.717) is 6.20 Å². The van der Waals surface area contributed by atoms with Crippen molar-refractivity contribution in [2.24, 2.45) is 11.1 Å². The maximum absolute atomic E-state index is 12.4. The minimum absolute atomic E-state index is 0.0286. The Morgan fingerprint density at radius 3 is 2.52 bits per heavy atom. The van der Waals surface area contributed by atoms with E-state index in [2.05, 4.69) is 4.98 Å². The van der Waals surface area contributed by atoms with Crippen molar-refractivity contribution in [1.82, 2.24) is 4.98 Å². The third kappa shape index (κ3) is 3.91. The van der Waals surface area contributed by atoms with Crippen LogP contribution in [0.25, 0.3) is 0 Å². The molecule has 116 valence electrons. The van der Waals surface area contributed by atoms with E-state index in [9.17, 15) is 26.4 Å². The number of nitrogens with two attached hydrogens (primary N) is 1. The van der Waals surface area contributed by atoms with Crippen LogP contribution < -0.4 is 10.0 Å². The molecule has 2 rings (SSSR count). The Morgan fingerprint density at radius 1 is 1.38 bits per heavy atom. The standard InChI is InChI=1S/C11H12F3N3O3S/c12-11(13,14)8-1-2-9(16-4-8)17-5-7(3-10(17)18)6-21(15,19)20/h1-2,4,7H,3,5-6H2,(H2,15,19,20). The second-order valence-corrected chi connectivity index (χ2v) is 6.47. The zero-order chi connectivity index (χ0) is 15.8. The minimum Gasteiger partial charge on any atom is -0.296 e. The summed E-state index contributed by atoms with van der Waals surface area (Å²) in [6.07, 6.45) is -3.90. The van der Waals surface area contributed by atoms with E-state index >= 15 is 0 Å². The summed E-state index contributed by atoms with van der Waals surface area (Å²) in [6.45, 7) is 0.0631. The largest absolute Gasteiger partial charge is 0.417 e. The van der Waals surface area contributed by atoms with Gasteiger partial charge in [-0.05, 0) is 12.1 Å². The van der Waals surface area contributed by atoms with Gasteiger partial charge in [0.2, 0.25) is 15.9 Å². The zero-order valence-electron chi connectivity index (χ0n) is 10.7. The molecule has 0 bridgehead atoms. The summed E-state index contributed by atoms with van der Waals surface area (Å²) in [5.74, 6) is -1.17. The Labute approximate surface area is 118 Å². The van der Waals surface area contributed by atoms with Gasteiger partial charge in [-0.25, -0.2) is 18.5 Å². The van der Waals surface area contributed by atoms with Gasteiger partial charge in [-0.15, -0.1) is 0 Å². The van der Waals surface area contributed by atoms with E-state index < -0.39 is 33.6 Å². The molecule has 21 heavy (non-hydrogen) atoms. The molecule has 2 heterocycles. The van der Waals surface area contributed by atoms with Crippen LogP contribution in [0, 0.1) is 5.92 Å². The molecule has 1 atom stereocenters. The van der Waals surface area contributed by atoms with Gasteiger partial charge in [0.1, 0.15) is 5.82 Å². The molecule has 1 unspecified atom stereocenters. The van der Waals surface area contributed by atoms with Crippen LogP contribution in [0.1, 0.15) is 12.0 Å². The number of carbonyl (C=O) groups excluding carboxylic acids is 1. The van der Waals surface area contributed by atoms with Crippen molar-refractivity contribution in [1.29, 1.82) is 0 Å². The molecule has 0 spiro atoms. The van der Waals surface area contributed by atoms with Gasteiger partial charge in [0.15, 0.2) is 0 Å². The number of aromatic nitrogens is 1. The van der Waals surface area contributed by atoms with E-state index in [1.807, 2.05) is 0 Å². The molecule has 1 aliphatic heterocycles. The average molecular weight is 323 g/mol. The number of sulfonamides is 1. The second-order valence-electron chi connectivity index (χ2n) is 4.81. The zero-order valence-corrected chi connectivity index (χ0v) is 11.5. The lowest BCUT2D eigenvalue weighted by atomic mass is 10.1. The number of nitrogens with zero attached hydrogens (tertiary/aromatic N) is 2. The maximum atomic E-state index is 12.4. The van der Waals surface area contributed by atoms with E-state index in [1.54, 1.807) is 0 Å². The summed E-state index contributed by atoms with van der Waals surface area (Å²) in [5, 5.41) is 4.91. The lowest BCUT2D eigenvalue weighted by Gasteiger charge is -2.16. The number of primary sulfonamides is 1. The molecule has 1 amide bonds. The van der Waals surface area contributed by atoms with E-state index in [4.69, 9.17) is 5.14 Å². The van der Waals surface area contributed by atoms with E-state index in [1.165, 1.54) is 0 Å². The third-order valence-corrected chi connectivity index (χ3v) is 3.96. The van der Waals surface area contributed by atoms with Crippen molar-refractivity contribution in [3.05, 3.63) is 23.9 Å². The Balaban J connectivity index is 2.14. The summed E-state index contributed by atoms with van der Waals surface area (Å²) in [6, 6.07) is 1.91. The molecule has 6 nitrogen and oxygen atoms in total. The second kappa shape index (κ2) is 5.26. The predicted molar refractivity (Wildman–Crippen MR) is 67.7 cm³/mol. The van der Waals surface area contributed by atoms with Gasteiger partial charge in [0.05, 0.1) is 11.3 Å². The van der Waals surface area contributed by atoms with Crippen LogP contribution >= 0.6 is 0 Å². The van der Waals surface area contributed by atoms with Crippen LogP contribution in [0.2, 0.25) is 0 Å². The first kappa shape index (κ1) is 15.7. The molecule has 1 aromatic heterocycles. The highest BCUT2D eigenvalue weighted by Crippen LogP contribution is 2.30. The molecule has 0 aromatic carbocycles. The molecule has 0 radical (unpaired) electrons. The Kier molecular flexibility index (Phi) is 3.93. The number of anilines is 1. The van der Waals surface area contributed by atoms with Crippen molar-refractivity contribution in [2.75, 3.05) is 17.2 Å². The van der Waals surface area contributed by atoms with Gasteiger partial charge in [-0.2, -0.15) is 13.2 Å². The molecule has 1 aromatic rings. The van der Waals surface area contributed by atoms with Crippen LogP contribution in [0.15, 0.2) is 18.3 Å². The van der Waals surface area contributed by atoms with Gasteiger partial charge in [0.25, 0.3) is 0 Å². The Hall–Kier alpha value is -1.68. The predicted octanol–water partition coefficient (Wildman–Crippen LogP) is 0.742. The van der Waals surface area contributed by atoms with Crippen LogP contribution in [-0.4, -0.2) is 31.6 Å². The summed E-state index contributed by atoms with van der Waals surface area (Å²) in [7, 11) is -3.71. The monoisotopic (exact) mass is 323 g/mol. The SMILES string of the molecule is NS(=O)(=O)CC1CC(=O)N(c2ccc(C(F)(F)F)cn2)C1. The summed E-state index contributed by atoms with van der Waals surface area (Å²) in [4.78, 5) is 16.6. The van der Waals surface area contributed by atoms with Crippen LogP contribution in [0.3, 0.4) is 0 Å². The van der Waals surface area contributed by atoms with Crippen LogP contribution in [0.4, 0.5) is 19.0 Å². The fourth-order valence-electron chi connectivity index (χ4n) is 2.16. The third-order valence-electron chi connectivity index (χ3n) is 3.02. The van der Waals surface area contributed by atoms with Crippen molar-refractivity contribution in [3.63, 3.8) is 0 Å². The molecular formula is C11H12F3N3O3S. The highest BCUT2D eigenvalue weighted by atomic mass is 32.2. The number of hydrogen-bond acceptors (Lipinski definition) is 4. The van der Waals surface area contributed by atoms with Crippen molar-refractivity contribution >= 4 is 21.7 Å². The minimum atomic E-state index is -4.50. The molecule has 10 heteroatoms. The number of alkyl halides is 3. The first-order valence-corrected chi connectivity index (χ1v) is 7.62. The first-order chi connectivity index (χ1) is 9.56. The number of hydrogen-bond donors (Lipinski definition) is 1. The molecule has 2 N–H and O–H groups in total. The molecular weight excluding hydrogens is 311 g/mol.